The Kier molecular flexibility index (Phi) is 9.49. The van der Waals surface area contributed by atoms with E-state index < -0.39 is 0 Å². The highest BCUT2D eigenvalue weighted by Crippen LogP contribution is 2.14. The highest BCUT2D eigenvalue weighted by molar-refractivity contribution is 7.80. The highest BCUT2D eigenvalue weighted by atomic mass is 35.5. The average Bonchev–Trinajstić information content (AvgIpc) is 2.72. The number of hydrogen-bond acceptors (Lipinski definition) is 4. The summed E-state index contributed by atoms with van der Waals surface area (Å²) in [5, 5.41) is 16.6. The Morgan fingerprint density at radius 3 is 1.66 bits per heavy atom. The Morgan fingerprint density at radius 1 is 0.759 bits per heavy atom. The van der Waals surface area contributed by atoms with Gasteiger partial charge in [0.15, 0.2) is 10.2 Å². The minimum atomic E-state index is 0.419. The summed E-state index contributed by atoms with van der Waals surface area (Å²) in [5.41, 5.74) is 8.62. The van der Waals surface area contributed by atoms with Gasteiger partial charge in [-0.15, -0.1) is 0 Å². The summed E-state index contributed by atoms with van der Waals surface area (Å²) in [7, 11) is 0. The van der Waals surface area contributed by atoms with Gasteiger partial charge in [-0.3, -0.25) is 10.9 Å². The van der Waals surface area contributed by atoms with Gasteiger partial charge in [0.25, 0.3) is 0 Å². The molecule has 4 N–H and O–H groups in total. The number of nitrogens with zero attached hydrogens (tertiary/aromatic N) is 2. The van der Waals surface area contributed by atoms with Gasteiger partial charge in [0.05, 0.1) is 0 Å². The summed E-state index contributed by atoms with van der Waals surface area (Å²) in [6.07, 6.45) is 0. The molecule has 0 amide bonds. The van der Waals surface area contributed by atoms with Crippen molar-refractivity contribution >= 4 is 57.7 Å². The van der Waals surface area contributed by atoms with Gasteiger partial charge < -0.3 is 10.6 Å². The zero-order valence-electron chi connectivity index (χ0n) is 16.2. The van der Waals surface area contributed by atoms with Crippen molar-refractivity contribution in [2.75, 3.05) is 13.1 Å². The fraction of sp³-hybridized carbons (Fsp3) is 0.200. The van der Waals surface area contributed by atoms with E-state index in [4.69, 9.17) is 36.0 Å². The molecule has 0 bridgehead atoms. The third-order valence-corrected chi connectivity index (χ3v) is 4.33. The number of benzene rings is 2. The number of hydrogen-bond donors (Lipinski definition) is 4. The Balaban J connectivity index is 2.51. The summed E-state index contributed by atoms with van der Waals surface area (Å²) in [5.74, 6) is 0. The minimum absolute atomic E-state index is 0.419. The Bertz CT molecular complexity index is 882. The quantitative estimate of drug-likeness (QED) is 0.297. The summed E-state index contributed by atoms with van der Waals surface area (Å²) < 4.78 is 0. The molecule has 2 aromatic rings. The molecule has 0 aliphatic heterocycles. The van der Waals surface area contributed by atoms with Crippen LogP contribution in [0.4, 0.5) is 0 Å². The number of nitrogens with one attached hydrogen (secondary N) is 4. The van der Waals surface area contributed by atoms with E-state index in [1.54, 1.807) is 12.1 Å². The van der Waals surface area contributed by atoms with E-state index in [-0.39, 0.29) is 0 Å². The molecule has 152 valence electrons. The first kappa shape index (κ1) is 22.7. The van der Waals surface area contributed by atoms with Gasteiger partial charge in [0.2, 0.25) is 0 Å². The number of thiocarbonyl (C=S) groups is 2. The molecule has 0 unspecified atom stereocenters. The Hall–Kier alpha value is -2.55. The monoisotopic (exact) mass is 446 g/mol. The second-order valence-corrected chi connectivity index (χ2v) is 6.99. The second kappa shape index (κ2) is 12.1. The van der Waals surface area contributed by atoms with Gasteiger partial charge in [-0.05, 0) is 50.4 Å². The van der Waals surface area contributed by atoms with Crippen LogP contribution in [-0.2, 0) is 0 Å². The molecule has 0 aliphatic rings. The van der Waals surface area contributed by atoms with Gasteiger partial charge in [-0.1, -0.05) is 54.1 Å². The van der Waals surface area contributed by atoms with Gasteiger partial charge in [0.1, 0.15) is 11.4 Å². The van der Waals surface area contributed by atoms with Crippen LogP contribution in [0.1, 0.15) is 25.0 Å². The number of halogens is 1. The zero-order valence-corrected chi connectivity index (χ0v) is 18.6. The molecular weight excluding hydrogens is 424 g/mol. The standard InChI is InChI=1S/C20H23ClN6S2/c1-3-22-19(28)26-24-17(14-8-6-5-7-9-14)18(25-27-20(29)23-4-2)15-10-12-16(21)13-11-15/h5-13H,3-4H2,1-2H3,(H2,22,26,28)(H2,23,27,29). The molecule has 0 radical (unpaired) electrons. The molecule has 6 nitrogen and oxygen atoms in total. The van der Waals surface area contributed by atoms with Crippen molar-refractivity contribution in [2.24, 2.45) is 10.2 Å². The molecule has 9 heteroatoms. The largest absolute Gasteiger partial charge is 0.362 e. The molecule has 0 aliphatic carbocycles. The van der Waals surface area contributed by atoms with Crippen LogP contribution < -0.4 is 21.5 Å². The van der Waals surface area contributed by atoms with Crippen LogP contribution >= 0.6 is 36.0 Å². The van der Waals surface area contributed by atoms with Crippen LogP contribution in [0.3, 0.4) is 0 Å². The zero-order chi connectivity index (χ0) is 21.1. The van der Waals surface area contributed by atoms with E-state index in [0.717, 1.165) is 11.1 Å². The predicted molar refractivity (Wildman–Crippen MR) is 130 cm³/mol. The van der Waals surface area contributed by atoms with Crippen molar-refractivity contribution in [2.45, 2.75) is 13.8 Å². The molecule has 29 heavy (non-hydrogen) atoms. The van der Waals surface area contributed by atoms with Gasteiger partial charge >= 0.3 is 0 Å². The van der Waals surface area contributed by atoms with Gasteiger partial charge in [-0.2, -0.15) is 10.2 Å². The molecule has 0 saturated carbocycles. The Labute approximate surface area is 186 Å². The Morgan fingerprint density at radius 2 is 1.21 bits per heavy atom. The van der Waals surface area contributed by atoms with Crippen molar-refractivity contribution in [3.63, 3.8) is 0 Å². The van der Waals surface area contributed by atoms with Gasteiger partial charge in [-0.25, -0.2) is 0 Å². The van der Waals surface area contributed by atoms with Crippen molar-refractivity contribution in [3.05, 3.63) is 70.7 Å². The SMILES string of the molecule is CCNC(=S)NN=C(C(=NNC(=S)NCC)c1ccc(Cl)cc1)c1ccccc1. The van der Waals surface area contributed by atoms with E-state index >= 15 is 0 Å². The van der Waals surface area contributed by atoms with E-state index in [1.165, 1.54) is 0 Å². The van der Waals surface area contributed by atoms with E-state index in [1.807, 2.05) is 56.3 Å². The predicted octanol–water partition coefficient (Wildman–Crippen LogP) is 3.42. The highest BCUT2D eigenvalue weighted by Gasteiger charge is 2.16. The number of rotatable bonds is 7. The maximum atomic E-state index is 6.06. The maximum absolute atomic E-state index is 6.06. The molecule has 0 fully saturated rings. The van der Waals surface area contributed by atoms with Crippen LogP contribution in [0.25, 0.3) is 0 Å². The molecule has 0 spiro atoms. The first-order valence-electron chi connectivity index (χ1n) is 9.10. The molecular formula is C20H23ClN6S2. The van der Waals surface area contributed by atoms with Crippen LogP contribution in [0, 0.1) is 0 Å². The lowest BCUT2D eigenvalue weighted by molar-refractivity contribution is 0.897. The van der Waals surface area contributed by atoms with Crippen LogP contribution in [-0.4, -0.2) is 34.7 Å². The minimum Gasteiger partial charge on any atom is -0.362 e. The maximum Gasteiger partial charge on any atom is 0.186 e. The second-order valence-electron chi connectivity index (χ2n) is 5.74. The van der Waals surface area contributed by atoms with Crippen LogP contribution in [0.2, 0.25) is 5.02 Å². The average molecular weight is 447 g/mol. The molecule has 0 aromatic heterocycles. The van der Waals surface area contributed by atoms with Crippen molar-refractivity contribution in [1.29, 1.82) is 0 Å². The summed E-state index contributed by atoms with van der Waals surface area (Å²) in [6.45, 7) is 5.30. The van der Waals surface area contributed by atoms with Crippen molar-refractivity contribution < 1.29 is 0 Å². The number of hydrazone groups is 2. The molecule has 2 rings (SSSR count). The third kappa shape index (κ3) is 7.41. The summed E-state index contributed by atoms with van der Waals surface area (Å²) in [6, 6.07) is 17.1. The van der Waals surface area contributed by atoms with Crippen molar-refractivity contribution in [1.82, 2.24) is 21.5 Å². The lowest BCUT2D eigenvalue weighted by Crippen LogP contribution is -2.35. The summed E-state index contributed by atoms with van der Waals surface area (Å²) >= 11 is 16.6. The van der Waals surface area contributed by atoms with E-state index in [2.05, 4.69) is 31.7 Å². The smallest absolute Gasteiger partial charge is 0.186 e. The normalized spacial score (nSPS) is 11.6. The van der Waals surface area contributed by atoms with E-state index in [0.29, 0.717) is 39.8 Å². The van der Waals surface area contributed by atoms with Crippen molar-refractivity contribution in [3.8, 4) is 0 Å². The third-order valence-electron chi connectivity index (χ3n) is 3.60. The lowest BCUT2D eigenvalue weighted by Gasteiger charge is -2.13. The topological polar surface area (TPSA) is 72.8 Å². The lowest BCUT2D eigenvalue weighted by atomic mass is 10.00. The first-order chi connectivity index (χ1) is 14.0. The molecule has 0 atom stereocenters. The molecule has 2 aromatic carbocycles. The fourth-order valence-corrected chi connectivity index (χ4v) is 2.83. The first-order valence-corrected chi connectivity index (χ1v) is 10.3. The molecule has 0 heterocycles. The van der Waals surface area contributed by atoms with Crippen LogP contribution in [0.15, 0.2) is 64.8 Å². The van der Waals surface area contributed by atoms with Gasteiger partial charge in [0, 0.05) is 29.2 Å². The van der Waals surface area contributed by atoms with E-state index in [9.17, 15) is 0 Å². The summed E-state index contributed by atoms with van der Waals surface area (Å²) in [4.78, 5) is 0. The fourth-order valence-electron chi connectivity index (χ4n) is 2.33. The van der Waals surface area contributed by atoms with Crippen LogP contribution in [0.5, 0.6) is 0 Å². The molecule has 0 saturated heterocycles.